The Kier molecular flexibility index (Phi) is 11.8. The maximum absolute atomic E-state index is 14.3. The van der Waals surface area contributed by atoms with Crippen molar-refractivity contribution in [1.29, 1.82) is 0 Å². The summed E-state index contributed by atoms with van der Waals surface area (Å²) in [5.74, 6) is 0.0137. The summed E-state index contributed by atoms with van der Waals surface area (Å²) < 4.78 is 16.3. The Hall–Kier alpha value is -5.59. The Bertz CT molecular complexity index is 1960. The van der Waals surface area contributed by atoms with E-state index in [1.54, 1.807) is 25.1 Å². The van der Waals surface area contributed by atoms with Crippen LogP contribution in [0.5, 0.6) is 0 Å². The van der Waals surface area contributed by atoms with Crippen molar-refractivity contribution >= 4 is 40.7 Å². The van der Waals surface area contributed by atoms with Crippen molar-refractivity contribution in [3.63, 3.8) is 0 Å². The number of amides is 3. The number of rotatable bonds is 15. The van der Waals surface area contributed by atoms with Crippen LogP contribution < -0.4 is 16.0 Å². The van der Waals surface area contributed by atoms with E-state index in [-0.39, 0.29) is 31.9 Å². The van der Waals surface area contributed by atoms with Gasteiger partial charge in [-0.2, -0.15) is 0 Å². The number of H-pyrrole nitrogens is 1. The number of carbonyl (C=O) groups excluding carboxylic acids is 5. The van der Waals surface area contributed by atoms with E-state index in [4.69, 9.17) is 14.2 Å². The quantitative estimate of drug-likeness (QED) is 0.115. The molecule has 4 bridgehead atoms. The van der Waals surface area contributed by atoms with Crippen molar-refractivity contribution in [3.05, 3.63) is 96.0 Å². The zero-order valence-corrected chi connectivity index (χ0v) is 32.0. The number of ether oxygens (including phenoxy) is 3. The number of para-hydroxylation sites is 1. The van der Waals surface area contributed by atoms with Crippen LogP contribution in [-0.4, -0.2) is 71.8 Å². The summed E-state index contributed by atoms with van der Waals surface area (Å²) in [5.41, 5.74) is 1.53. The number of fused-ring (bicyclic) bond motifs is 1. The van der Waals surface area contributed by atoms with E-state index in [1.165, 1.54) is 6.42 Å². The van der Waals surface area contributed by atoms with Crippen molar-refractivity contribution in [3.8, 4) is 0 Å². The summed E-state index contributed by atoms with van der Waals surface area (Å²) in [6.07, 6.45) is 12.2. The van der Waals surface area contributed by atoms with Crippen LogP contribution in [0.2, 0.25) is 0 Å². The summed E-state index contributed by atoms with van der Waals surface area (Å²) in [7, 11) is 1.78. The summed E-state index contributed by atoms with van der Waals surface area (Å²) >= 11 is 0. The number of aromatic nitrogens is 1. The molecule has 5 aliphatic rings. The van der Waals surface area contributed by atoms with Crippen LogP contribution in [0.25, 0.3) is 10.9 Å². The van der Waals surface area contributed by atoms with Gasteiger partial charge in [-0.05, 0) is 86.1 Å². The zero-order valence-electron chi connectivity index (χ0n) is 32.0. The molecule has 2 heterocycles. The molecule has 1 aromatic heterocycles. The minimum absolute atomic E-state index is 0.00493. The number of allylic oxidation sites excluding steroid dienone is 1. The van der Waals surface area contributed by atoms with Gasteiger partial charge in [0, 0.05) is 56.2 Å². The van der Waals surface area contributed by atoms with Crippen molar-refractivity contribution in [1.82, 2.24) is 25.8 Å². The highest BCUT2D eigenvalue weighted by Crippen LogP contribution is 2.54. The van der Waals surface area contributed by atoms with Crippen LogP contribution in [0.3, 0.4) is 0 Å². The Morgan fingerprint density at radius 1 is 0.911 bits per heavy atom. The number of hydrogen-bond donors (Lipinski definition) is 4. The van der Waals surface area contributed by atoms with Gasteiger partial charge in [0.1, 0.15) is 11.6 Å². The standard InChI is InChI=1S/C43H51N5O8/c1-43(22-33-23-44-35-13-7-6-12-34(33)35,47-42(53)56-39-31-18-27-17-28(20-31)21-32(39)19-27)41(52)45-24-36(29-9-4-3-5-10-29)46-37(49)14-15-38(50)54-26-55-40(51)30-11-8-16-48(2)25-30/h3-10,12-13,16,23,25,27-28,31-32,36,39,44H,11,14-15,17-22,24,26H2,1-2H3,(H,45,52)(H,46,49)(H,47,53). The molecule has 4 N–H and O–H groups in total. The lowest BCUT2D eigenvalue weighted by molar-refractivity contribution is -0.165. The molecule has 4 aliphatic carbocycles. The van der Waals surface area contributed by atoms with E-state index < -0.39 is 48.2 Å². The smallest absolute Gasteiger partial charge is 0.408 e. The Morgan fingerprint density at radius 2 is 1.62 bits per heavy atom. The van der Waals surface area contributed by atoms with Crippen molar-refractivity contribution in [2.24, 2.45) is 23.7 Å². The molecule has 4 fully saturated rings. The summed E-state index contributed by atoms with van der Waals surface area (Å²) in [6.45, 7) is 1.14. The highest BCUT2D eigenvalue weighted by atomic mass is 16.7. The molecule has 13 nitrogen and oxygen atoms in total. The topological polar surface area (TPSA) is 168 Å². The van der Waals surface area contributed by atoms with Crippen LogP contribution in [0.1, 0.15) is 75.5 Å². The number of benzene rings is 2. The van der Waals surface area contributed by atoms with E-state index in [2.05, 4.69) is 20.9 Å². The fourth-order valence-electron chi connectivity index (χ4n) is 9.23. The molecular weight excluding hydrogens is 714 g/mol. The average molecular weight is 766 g/mol. The maximum atomic E-state index is 14.3. The summed E-state index contributed by atoms with van der Waals surface area (Å²) in [6, 6.07) is 16.3. The normalized spacial score (nSPS) is 23.7. The second-order valence-corrected chi connectivity index (χ2v) is 16.0. The third kappa shape index (κ3) is 9.26. The molecule has 1 aliphatic heterocycles. The van der Waals surface area contributed by atoms with Gasteiger partial charge in [-0.15, -0.1) is 0 Å². The number of esters is 2. The van der Waals surface area contributed by atoms with E-state index in [9.17, 15) is 24.0 Å². The highest BCUT2D eigenvalue weighted by Gasteiger charge is 2.50. The largest absolute Gasteiger partial charge is 0.446 e. The van der Waals surface area contributed by atoms with Crippen molar-refractivity contribution in [2.45, 2.75) is 82.4 Å². The molecule has 13 heteroatoms. The van der Waals surface area contributed by atoms with E-state index in [0.717, 1.165) is 59.5 Å². The van der Waals surface area contributed by atoms with Crippen molar-refractivity contribution in [2.75, 3.05) is 20.4 Å². The molecule has 4 saturated carbocycles. The Balaban J connectivity index is 0.972. The first-order valence-electron chi connectivity index (χ1n) is 19.6. The number of aromatic amines is 1. The molecule has 3 aromatic rings. The number of alkyl carbamates (subject to hydrolysis) is 1. The van der Waals surface area contributed by atoms with E-state index in [0.29, 0.717) is 23.8 Å². The first-order valence-corrected chi connectivity index (χ1v) is 19.6. The fourth-order valence-corrected chi connectivity index (χ4v) is 9.23. The number of nitrogens with one attached hydrogen (secondary N) is 4. The highest BCUT2D eigenvalue weighted by molar-refractivity contribution is 5.92. The molecule has 2 atom stereocenters. The lowest BCUT2D eigenvalue weighted by Crippen LogP contribution is -2.60. The van der Waals surface area contributed by atoms with Gasteiger partial charge in [0.15, 0.2) is 0 Å². The Morgan fingerprint density at radius 3 is 2.36 bits per heavy atom. The van der Waals surface area contributed by atoms with E-state index in [1.807, 2.05) is 73.1 Å². The molecule has 2 unspecified atom stereocenters. The average Bonchev–Trinajstić information content (AvgIpc) is 3.58. The minimum atomic E-state index is -1.41. The molecule has 0 radical (unpaired) electrons. The molecule has 56 heavy (non-hydrogen) atoms. The van der Waals surface area contributed by atoms with Gasteiger partial charge in [0.25, 0.3) is 0 Å². The first kappa shape index (κ1) is 38.7. The van der Waals surface area contributed by atoms with Gasteiger partial charge in [-0.3, -0.25) is 14.4 Å². The fraction of sp³-hybridized carbons (Fsp3) is 0.465. The summed E-state index contributed by atoms with van der Waals surface area (Å²) in [4.78, 5) is 70.8. The minimum Gasteiger partial charge on any atom is -0.446 e. The third-order valence-corrected chi connectivity index (χ3v) is 11.8. The number of carbonyl (C=O) groups is 5. The van der Waals surface area contributed by atoms with Gasteiger partial charge in [-0.25, -0.2) is 9.59 Å². The van der Waals surface area contributed by atoms with Crippen LogP contribution in [0.15, 0.2) is 84.8 Å². The predicted molar refractivity (Wildman–Crippen MR) is 207 cm³/mol. The van der Waals surface area contributed by atoms with Gasteiger partial charge in [0.05, 0.1) is 18.0 Å². The van der Waals surface area contributed by atoms with Gasteiger partial charge in [0.2, 0.25) is 18.6 Å². The van der Waals surface area contributed by atoms with Crippen molar-refractivity contribution < 1.29 is 38.2 Å². The summed E-state index contributed by atoms with van der Waals surface area (Å²) in [5, 5.41) is 9.84. The second kappa shape index (κ2) is 17.1. The zero-order chi connectivity index (χ0) is 39.2. The molecule has 8 rings (SSSR count). The molecular formula is C43H51N5O8. The van der Waals surface area contributed by atoms with E-state index >= 15 is 0 Å². The monoisotopic (exact) mass is 765 g/mol. The van der Waals surface area contributed by atoms with Gasteiger partial charge < -0.3 is 40.0 Å². The number of hydrogen-bond acceptors (Lipinski definition) is 9. The lowest BCUT2D eigenvalue weighted by Gasteiger charge is -2.53. The maximum Gasteiger partial charge on any atom is 0.408 e. The third-order valence-electron chi connectivity index (χ3n) is 11.8. The predicted octanol–water partition coefficient (Wildman–Crippen LogP) is 5.55. The van der Waals surface area contributed by atoms with Gasteiger partial charge >= 0.3 is 18.0 Å². The molecule has 0 spiro atoms. The molecule has 3 amide bonds. The van der Waals surface area contributed by atoms with Crippen LogP contribution in [-0.2, 0) is 39.8 Å². The lowest BCUT2D eigenvalue weighted by atomic mass is 9.55. The molecule has 0 saturated heterocycles. The van der Waals surface area contributed by atoms with Crippen LogP contribution in [0.4, 0.5) is 4.79 Å². The molecule has 2 aromatic carbocycles. The number of nitrogens with zero attached hydrogens (tertiary/aromatic N) is 1. The molecule has 296 valence electrons. The Labute approximate surface area is 326 Å². The van der Waals surface area contributed by atoms with Crippen LogP contribution in [0, 0.1) is 23.7 Å². The van der Waals surface area contributed by atoms with Gasteiger partial charge in [-0.1, -0.05) is 54.6 Å². The van der Waals surface area contributed by atoms with Crippen LogP contribution >= 0.6 is 0 Å². The first-order chi connectivity index (χ1) is 27.0. The second-order valence-electron chi connectivity index (χ2n) is 16.0. The SMILES string of the molecule is CN1C=CCC(C(=O)OCOC(=O)CCC(=O)NC(CNC(=O)C(C)(Cc2c[nH]c3ccccc23)NC(=O)OC2C3CC4CC(C3)CC2C4)c2ccccc2)=C1.